The zero-order chi connectivity index (χ0) is 13.1. The maximum absolute atomic E-state index is 11.6. The van der Waals surface area contributed by atoms with Crippen LogP contribution in [0.5, 0.6) is 11.5 Å². The first-order valence-electron chi connectivity index (χ1n) is 5.88. The second kappa shape index (κ2) is 5.08. The zero-order valence-corrected chi connectivity index (χ0v) is 10.5. The highest BCUT2D eigenvalue weighted by molar-refractivity contribution is 5.86. The van der Waals surface area contributed by atoms with Crippen molar-refractivity contribution in [3.8, 4) is 11.5 Å². The third-order valence-corrected chi connectivity index (χ3v) is 2.89. The van der Waals surface area contributed by atoms with E-state index in [1.165, 1.54) is 5.01 Å². The molecule has 5 heteroatoms. The van der Waals surface area contributed by atoms with Crippen LogP contribution in [0.15, 0.2) is 23.3 Å². The van der Waals surface area contributed by atoms with Crippen molar-refractivity contribution in [2.75, 3.05) is 13.7 Å². The fourth-order valence-corrected chi connectivity index (χ4v) is 1.86. The van der Waals surface area contributed by atoms with E-state index >= 15 is 0 Å². The number of nitrogens with zero attached hydrogens (tertiary/aromatic N) is 2. The molecule has 1 aliphatic heterocycles. The Morgan fingerprint density at radius 2 is 2.33 bits per heavy atom. The van der Waals surface area contributed by atoms with Crippen LogP contribution in [0, 0.1) is 0 Å². The number of carbonyl (C=O) groups excluding carboxylic acids is 1. The van der Waals surface area contributed by atoms with Gasteiger partial charge in [0.15, 0.2) is 11.5 Å². The van der Waals surface area contributed by atoms with E-state index in [-0.39, 0.29) is 17.6 Å². The van der Waals surface area contributed by atoms with Gasteiger partial charge in [-0.3, -0.25) is 4.79 Å². The normalized spacial score (nSPS) is 19.1. The van der Waals surface area contributed by atoms with Gasteiger partial charge in [-0.15, -0.1) is 0 Å². The average Bonchev–Trinajstić information content (AvgIpc) is 2.35. The van der Waals surface area contributed by atoms with E-state index in [1.807, 2.05) is 13.0 Å². The van der Waals surface area contributed by atoms with Crippen LogP contribution < -0.4 is 4.74 Å². The number of benzene rings is 1. The highest BCUT2D eigenvalue weighted by Gasteiger charge is 2.22. The first-order chi connectivity index (χ1) is 8.61. The van der Waals surface area contributed by atoms with Gasteiger partial charge in [-0.25, -0.2) is 5.01 Å². The first kappa shape index (κ1) is 12.4. The van der Waals surface area contributed by atoms with E-state index < -0.39 is 0 Å². The van der Waals surface area contributed by atoms with Crippen molar-refractivity contribution in [2.45, 2.75) is 19.3 Å². The number of carbonyl (C=O) groups is 1. The van der Waals surface area contributed by atoms with Crippen molar-refractivity contribution in [1.29, 1.82) is 0 Å². The molecule has 0 aliphatic carbocycles. The summed E-state index contributed by atoms with van der Waals surface area (Å²) >= 11 is 0. The second-order valence-electron chi connectivity index (χ2n) is 4.15. The first-order valence-corrected chi connectivity index (χ1v) is 5.88. The van der Waals surface area contributed by atoms with Crippen LogP contribution in [0.25, 0.3) is 0 Å². The highest BCUT2D eigenvalue weighted by Crippen LogP contribution is 2.31. The summed E-state index contributed by atoms with van der Waals surface area (Å²) in [5, 5.41) is 15.1. The van der Waals surface area contributed by atoms with Gasteiger partial charge in [0.2, 0.25) is 5.91 Å². The molecule has 5 nitrogen and oxygen atoms in total. The van der Waals surface area contributed by atoms with Gasteiger partial charge in [0.25, 0.3) is 0 Å². The molecular formula is C13H16N2O3. The monoisotopic (exact) mass is 248 g/mol. The summed E-state index contributed by atoms with van der Waals surface area (Å²) in [5.41, 5.74) is 0.862. The van der Waals surface area contributed by atoms with Gasteiger partial charge >= 0.3 is 0 Å². The maximum Gasteiger partial charge on any atom is 0.243 e. The predicted molar refractivity (Wildman–Crippen MR) is 67.9 cm³/mol. The lowest BCUT2D eigenvalue weighted by atomic mass is 9.95. The topological polar surface area (TPSA) is 62.1 Å². The molecule has 0 spiro atoms. The van der Waals surface area contributed by atoms with Crippen molar-refractivity contribution in [3.63, 3.8) is 0 Å². The molecular weight excluding hydrogens is 232 g/mol. The van der Waals surface area contributed by atoms with Gasteiger partial charge in [0.05, 0.1) is 6.61 Å². The van der Waals surface area contributed by atoms with Gasteiger partial charge in [-0.2, -0.15) is 5.10 Å². The molecule has 0 fully saturated rings. The van der Waals surface area contributed by atoms with E-state index in [4.69, 9.17) is 4.74 Å². The fraction of sp³-hybridized carbons (Fsp3) is 0.385. The van der Waals surface area contributed by atoms with Gasteiger partial charge in [0, 0.05) is 25.6 Å². The number of hydrazone groups is 1. The smallest absolute Gasteiger partial charge is 0.243 e. The summed E-state index contributed by atoms with van der Waals surface area (Å²) in [7, 11) is 1.63. The number of amides is 1. The van der Waals surface area contributed by atoms with Gasteiger partial charge < -0.3 is 9.84 Å². The van der Waals surface area contributed by atoms with Gasteiger partial charge in [-0.1, -0.05) is 6.07 Å². The maximum atomic E-state index is 11.6. The highest BCUT2D eigenvalue weighted by atomic mass is 16.5. The third kappa shape index (κ3) is 2.45. The molecule has 0 saturated carbocycles. The molecule has 1 amide bonds. The van der Waals surface area contributed by atoms with Crippen molar-refractivity contribution in [3.05, 3.63) is 23.8 Å². The number of phenolic OH excluding ortho intramolecular Hbond substituents is 1. The molecule has 96 valence electrons. The van der Waals surface area contributed by atoms with Crippen LogP contribution in [-0.2, 0) is 4.79 Å². The SMILES string of the molecule is CCOc1ccc(C2C=NN(C)C(=O)C2)cc1O. The third-order valence-electron chi connectivity index (χ3n) is 2.89. The molecule has 1 atom stereocenters. The van der Waals surface area contributed by atoms with Crippen LogP contribution in [0.1, 0.15) is 24.8 Å². The number of phenols is 1. The zero-order valence-electron chi connectivity index (χ0n) is 10.5. The lowest BCUT2D eigenvalue weighted by Gasteiger charge is -2.21. The van der Waals surface area contributed by atoms with Crippen molar-refractivity contribution >= 4 is 12.1 Å². The summed E-state index contributed by atoms with van der Waals surface area (Å²) in [5.74, 6) is 0.428. The van der Waals surface area contributed by atoms with E-state index in [0.29, 0.717) is 18.8 Å². The van der Waals surface area contributed by atoms with Crippen LogP contribution in [0.3, 0.4) is 0 Å². The Labute approximate surface area is 106 Å². The molecule has 1 N–H and O–H groups in total. The molecule has 1 heterocycles. The number of aromatic hydroxyl groups is 1. The Balaban J connectivity index is 2.22. The van der Waals surface area contributed by atoms with E-state index in [1.54, 1.807) is 25.4 Å². The molecule has 0 radical (unpaired) electrons. The Bertz CT molecular complexity index is 485. The Morgan fingerprint density at radius 1 is 1.56 bits per heavy atom. The summed E-state index contributed by atoms with van der Waals surface area (Å²) in [6.07, 6.45) is 2.09. The van der Waals surface area contributed by atoms with E-state index in [9.17, 15) is 9.90 Å². The molecule has 0 aromatic heterocycles. The van der Waals surface area contributed by atoms with E-state index in [2.05, 4.69) is 5.10 Å². The van der Waals surface area contributed by atoms with Crippen molar-refractivity contribution in [1.82, 2.24) is 5.01 Å². The lowest BCUT2D eigenvalue weighted by molar-refractivity contribution is -0.130. The minimum absolute atomic E-state index is 0.0316. The van der Waals surface area contributed by atoms with Gasteiger partial charge in [-0.05, 0) is 24.6 Å². The quantitative estimate of drug-likeness (QED) is 0.886. The fourth-order valence-electron chi connectivity index (χ4n) is 1.86. The van der Waals surface area contributed by atoms with Crippen molar-refractivity contribution < 1.29 is 14.6 Å². The molecule has 1 aromatic carbocycles. The standard InChI is InChI=1S/C13H16N2O3/c1-3-18-12-5-4-9(6-11(12)16)10-7-13(17)15(2)14-8-10/h4-6,8,10,16H,3,7H2,1-2H3. The number of hydrogen-bond acceptors (Lipinski definition) is 4. The molecule has 0 bridgehead atoms. The Morgan fingerprint density at radius 3 is 2.94 bits per heavy atom. The Kier molecular flexibility index (Phi) is 3.50. The van der Waals surface area contributed by atoms with Crippen LogP contribution in [0.2, 0.25) is 0 Å². The molecule has 2 rings (SSSR count). The predicted octanol–water partition coefficient (Wildman–Crippen LogP) is 1.72. The number of hydrogen-bond donors (Lipinski definition) is 1. The molecule has 1 aromatic rings. The van der Waals surface area contributed by atoms with Crippen LogP contribution in [-0.4, -0.2) is 35.9 Å². The van der Waals surface area contributed by atoms with Crippen LogP contribution >= 0.6 is 0 Å². The molecule has 1 unspecified atom stereocenters. The number of ether oxygens (including phenoxy) is 1. The summed E-state index contributed by atoms with van der Waals surface area (Å²) in [4.78, 5) is 11.6. The summed E-state index contributed by atoms with van der Waals surface area (Å²) < 4.78 is 5.26. The Hall–Kier alpha value is -2.04. The van der Waals surface area contributed by atoms with Crippen molar-refractivity contribution in [2.24, 2.45) is 5.10 Å². The van der Waals surface area contributed by atoms with E-state index in [0.717, 1.165) is 5.56 Å². The molecule has 1 aliphatic rings. The average molecular weight is 248 g/mol. The van der Waals surface area contributed by atoms with Crippen LogP contribution in [0.4, 0.5) is 0 Å². The van der Waals surface area contributed by atoms with Gasteiger partial charge in [0.1, 0.15) is 0 Å². The lowest BCUT2D eigenvalue weighted by Crippen LogP contribution is -2.28. The summed E-state index contributed by atoms with van der Waals surface area (Å²) in [6, 6.07) is 5.19. The minimum Gasteiger partial charge on any atom is -0.504 e. The molecule has 0 saturated heterocycles. The number of rotatable bonds is 3. The second-order valence-corrected chi connectivity index (χ2v) is 4.15. The summed E-state index contributed by atoms with van der Waals surface area (Å²) in [6.45, 7) is 2.36. The largest absolute Gasteiger partial charge is 0.504 e. The minimum atomic E-state index is -0.0877. The molecule has 18 heavy (non-hydrogen) atoms.